The summed E-state index contributed by atoms with van der Waals surface area (Å²) < 4.78 is 1.12. The molecule has 0 spiro atoms. The summed E-state index contributed by atoms with van der Waals surface area (Å²) in [6.45, 7) is 4.53. The fourth-order valence-electron chi connectivity index (χ4n) is 5.58. The molecule has 1 nitrogen and oxygen atoms in total. The number of fused-ring (bicyclic) bond motifs is 3. The van der Waals surface area contributed by atoms with Crippen molar-refractivity contribution >= 4 is 33.3 Å². The van der Waals surface area contributed by atoms with Gasteiger partial charge in [0.2, 0.25) is 0 Å². The Balaban J connectivity index is 2.06. The van der Waals surface area contributed by atoms with Crippen LogP contribution in [0.3, 0.4) is 0 Å². The van der Waals surface area contributed by atoms with Gasteiger partial charge in [-0.1, -0.05) is 118 Å². The Bertz CT molecular complexity index is 890. The van der Waals surface area contributed by atoms with Crippen LogP contribution in [0.2, 0.25) is 0 Å². The van der Waals surface area contributed by atoms with E-state index in [9.17, 15) is 4.79 Å². The third kappa shape index (κ3) is 5.50. The summed E-state index contributed by atoms with van der Waals surface area (Å²) in [4.78, 5) is 13.0. The highest BCUT2D eigenvalue weighted by Crippen LogP contribution is 2.56. The van der Waals surface area contributed by atoms with Crippen LogP contribution in [-0.4, -0.2) is 11.7 Å². The number of rotatable bonds is 14. The molecular weight excluding hydrogens is 480 g/mol. The summed E-state index contributed by atoms with van der Waals surface area (Å²) in [5.74, 6) is 0.0938. The zero-order valence-corrected chi connectivity index (χ0v) is 22.2. The van der Waals surface area contributed by atoms with Crippen LogP contribution in [0.5, 0.6) is 0 Å². The smallest absolute Gasteiger partial charge is 0.177 e. The first-order valence-corrected chi connectivity index (χ1v) is 13.9. The Labute approximate surface area is 208 Å². The van der Waals surface area contributed by atoms with Crippen LogP contribution >= 0.6 is 27.5 Å². The lowest BCUT2D eigenvalue weighted by Crippen LogP contribution is -2.28. The molecule has 0 heterocycles. The zero-order valence-electron chi connectivity index (χ0n) is 19.8. The predicted molar refractivity (Wildman–Crippen MR) is 142 cm³/mol. The van der Waals surface area contributed by atoms with Gasteiger partial charge in [-0.25, -0.2) is 0 Å². The van der Waals surface area contributed by atoms with Crippen LogP contribution in [-0.2, 0) is 5.41 Å². The average Bonchev–Trinajstić information content (AvgIpc) is 3.07. The number of hydrogen-bond acceptors (Lipinski definition) is 1. The van der Waals surface area contributed by atoms with E-state index in [4.69, 9.17) is 11.6 Å². The quantitative estimate of drug-likeness (QED) is 0.138. The summed E-state index contributed by atoms with van der Waals surface area (Å²) >= 11 is 9.82. The zero-order chi connectivity index (χ0) is 23.0. The van der Waals surface area contributed by atoms with E-state index in [1.165, 1.54) is 86.5 Å². The van der Waals surface area contributed by atoms with Crippen molar-refractivity contribution in [1.82, 2.24) is 0 Å². The van der Waals surface area contributed by atoms with E-state index in [1.807, 2.05) is 12.1 Å². The highest BCUT2D eigenvalue weighted by Gasteiger charge is 2.44. The van der Waals surface area contributed by atoms with Gasteiger partial charge < -0.3 is 0 Å². The first kappa shape index (κ1) is 25.5. The molecular formula is C29H38BrClO. The molecule has 1 aliphatic rings. The van der Waals surface area contributed by atoms with Crippen molar-refractivity contribution in [1.29, 1.82) is 0 Å². The molecule has 0 radical (unpaired) electrons. The lowest BCUT2D eigenvalue weighted by atomic mass is 9.69. The molecule has 174 valence electrons. The van der Waals surface area contributed by atoms with E-state index in [2.05, 4.69) is 54.0 Å². The number of carbonyl (C=O) groups is 1. The van der Waals surface area contributed by atoms with Crippen molar-refractivity contribution < 1.29 is 4.79 Å². The van der Waals surface area contributed by atoms with Gasteiger partial charge in [0.1, 0.15) is 0 Å². The molecule has 0 saturated carbocycles. The van der Waals surface area contributed by atoms with E-state index in [0.29, 0.717) is 0 Å². The second-order valence-electron chi connectivity index (χ2n) is 9.39. The molecule has 0 N–H and O–H groups in total. The van der Waals surface area contributed by atoms with E-state index in [1.54, 1.807) is 0 Å². The second-order valence-corrected chi connectivity index (χ2v) is 10.6. The van der Waals surface area contributed by atoms with Crippen LogP contribution in [0.1, 0.15) is 112 Å². The molecule has 2 aromatic carbocycles. The van der Waals surface area contributed by atoms with Gasteiger partial charge in [-0.2, -0.15) is 0 Å². The number of benzene rings is 2. The largest absolute Gasteiger partial charge is 0.293 e. The third-order valence-corrected chi connectivity index (χ3v) is 7.90. The lowest BCUT2D eigenvalue weighted by Gasteiger charge is -2.34. The molecule has 0 amide bonds. The van der Waals surface area contributed by atoms with E-state index in [0.717, 1.165) is 22.9 Å². The predicted octanol–water partition coefficient (Wildman–Crippen LogP) is 9.86. The molecule has 0 aromatic heterocycles. The molecule has 3 rings (SSSR count). The van der Waals surface area contributed by atoms with E-state index >= 15 is 0 Å². The highest BCUT2D eigenvalue weighted by atomic mass is 79.9. The molecule has 1 aliphatic carbocycles. The molecule has 0 bridgehead atoms. The fourth-order valence-corrected chi connectivity index (χ4v) is 6.09. The van der Waals surface area contributed by atoms with Crippen molar-refractivity contribution in [3.63, 3.8) is 0 Å². The molecule has 3 heteroatoms. The topological polar surface area (TPSA) is 17.1 Å². The number of unbranched alkanes of at least 4 members (excludes halogenated alkanes) is 8. The Morgan fingerprint density at radius 3 is 2.06 bits per heavy atom. The van der Waals surface area contributed by atoms with Gasteiger partial charge in [-0.05, 0) is 47.2 Å². The molecule has 0 fully saturated rings. The van der Waals surface area contributed by atoms with Crippen LogP contribution in [0, 0.1) is 0 Å². The summed E-state index contributed by atoms with van der Waals surface area (Å²) in [6.07, 6.45) is 14.8. The van der Waals surface area contributed by atoms with Gasteiger partial charge in [0.05, 0.1) is 5.88 Å². The number of alkyl halides is 1. The minimum atomic E-state index is -0.0921. The maximum Gasteiger partial charge on any atom is 0.177 e. The van der Waals surface area contributed by atoms with Gasteiger partial charge in [0, 0.05) is 15.5 Å². The fraction of sp³-hybridized carbons (Fsp3) is 0.552. The Morgan fingerprint density at radius 2 is 1.47 bits per heavy atom. The van der Waals surface area contributed by atoms with Gasteiger partial charge in [0.15, 0.2) is 5.78 Å². The van der Waals surface area contributed by atoms with Gasteiger partial charge in [0.25, 0.3) is 0 Å². The molecule has 0 saturated heterocycles. The molecule has 2 aromatic rings. The van der Waals surface area contributed by atoms with Crippen molar-refractivity contribution in [2.75, 3.05) is 5.88 Å². The molecule has 0 atom stereocenters. The van der Waals surface area contributed by atoms with Crippen LogP contribution in [0.15, 0.2) is 40.9 Å². The minimum absolute atomic E-state index is 0.0412. The van der Waals surface area contributed by atoms with Gasteiger partial charge in [-0.15, -0.1) is 11.6 Å². The lowest BCUT2D eigenvalue weighted by molar-refractivity contribution is 0.101. The summed E-state index contributed by atoms with van der Waals surface area (Å²) in [6, 6.07) is 12.9. The normalized spacial score (nSPS) is 13.8. The van der Waals surface area contributed by atoms with E-state index < -0.39 is 0 Å². The second kappa shape index (κ2) is 12.4. The van der Waals surface area contributed by atoms with Gasteiger partial charge in [-0.3, -0.25) is 4.79 Å². The Morgan fingerprint density at radius 1 is 0.844 bits per heavy atom. The van der Waals surface area contributed by atoms with Crippen molar-refractivity contribution in [3.05, 3.63) is 57.6 Å². The maximum atomic E-state index is 13.0. The number of carbonyl (C=O) groups excluding carboxylic acids is 1. The van der Waals surface area contributed by atoms with Crippen molar-refractivity contribution in [2.24, 2.45) is 0 Å². The Hall–Kier alpha value is -1.12. The first-order valence-electron chi connectivity index (χ1n) is 12.6. The first-order chi connectivity index (χ1) is 15.6. The summed E-state index contributed by atoms with van der Waals surface area (Å²) in [7, 11) is 0. The SMILES string of the molecule is CCCCCCCC1(CCCCCCC)c2cc(Br)ccc2-c2cccc(C(=O)CCl)c21. The summed E-state index contributed by atoms with van der Waals surface area (Å²) in [5.41, 5.74) is 5.95. The van der Waals surface area contributed by atoms with Crippen LogP contribution < -0.4 is 0 Å². The van der Waals surface area contributed by atoms with Crippen LogP contribution in [0.25, 0.3) is 11.1 Å². The minimum Gasteiger partial charge on any atom is -0.293 e. The Kier molecular flexibility index (Phi) is 9.86. The monoisotopic (exact) mass is 516 g/mol. The van der Waals surface area contributed by atoms with Crippen molar-refractivity contribution in [2.45, 2.75) is 96.3 Å². The standard InChI is InChI=1S/C29H38BrClO/c1-3-5-7-9-11-18-29(19-12-10-8-6-4-2)26-20-22(30)16-17-23(26)24-14-13-15-25(28(24)29)27(32)21-31/h13-17,20H,3-12,18-19,21H2,1-2H3. The average molecular weight is 518 g/mol. The molecule has 0 aliphatic heterocycles. The summed E-state index contributed by atoms with van der Waals surface area (Å²) in [5, 5.41) is 0. The van der Waals surface area contributed by atoms with Gasteiger partial charge >= 0.3 is 0 Å². The number of halogens is 2. The molecule has 0 unspecified atom stereocenters. The van der Waals surface area contributed by atoms with E-state index in [-0.39, 0.29) is 17.1 Å². The highest BCUT2D eigenvalue weighted by molar-refractivity contribution is 9.10. The maximum absolute atomic E-state index is 13.0. The number of hydrogen-bond donors (Lipinski definition) is 0. The molecule has 32 heavy (non-hydrogen) atoms. The number of ketones is 1. The number of Topliss-reactive ketones (excluding diaryl/α,β-unsaturated/α-hetero) is 1. The van der Waals surface area contributed by atoms with Crippen LogP contribution in [0.4, 0.5) is 0 Å². The van der Waals surface area contributed by atoms with Crippen molar-refractivity contribution in [3.8, 4) is 11.1 Å². The third-order valence-electron chi connectivity index (χ3n) is 7.17.